The highest BCUT2D eigenvalue weighted by Gasteiger charge is 2.15. The zero-order valence-corrected chi connectivity index (χ0v) is 13.1. The fraction of sp³-hybridized carbons (Fsp3) is 0.500. The van der Waals surface area contributed by atoms with E-state index in [9.17, 15) is 0 Å². The summed E-state index contributed by atoms with van der Waals surface area (Å²) in [5, 5.41) is 0. The topological polar surface area (TPSA) is 27.1 Å². The van der Waals surface area contributed by atoms with Crippen LogP contribution in [-0.2, 0) is 5.88 Å². The second-order valence-electron chi connectivity index (χ2n) is 4.39. The molecular weight excluding hydrogens is 280 g/mol. The molecule has 19 heavy (non-hydrogen) atoms. The van der Waals surface area contributed by atoms with Gasteiger partial charge in [-0.05, 0) is 24.8 Å². The molecule has 1 aromatic heterocycles. The maximum Gasteiger partial charge on any atom is 0.125 e. The molecule has 0 saturated carbocycles. The molecule has 0 bridgehead atoms. The number of hydrogen-bond acceptors (Lipinski definition) is 3. The standard InChI is InChI=1S/C14H19ClN2OS/c1-4-19-9-10(2)17-13-6-5-11(18-3)7-12(13)16-14(17)8-15/h5-7,10H,4,8-9H2,1-3H3. The lowest BCUT2D eigenvalue weighted by atomic mass is 10.2. The van der Waals surface area contributed by atoms with Crippen LogP contribution in [0.2, 0.25) is 0 Å². The van der Waals surface area contributed by atoms with Crippen molar-refractivity contribution in [3.05, 3.63) is 24.0 Å². The number of benzene rings is 1. The molecule has 104 valence electrons. The van der Waals surface area contributed by atoms with Crippen molar-refractivity contribution in [1.29, 1.82) is 0 Å². The number of rotatable bonds is 6. The predicted octanol–water partition coefficient (Wildman–Crippen LogP) is 4.10. The molecule has 2 rings (SSSR count). The number of thioether (sulfide) groups is 1. The largest absolute Gasteiger partial charge is 0.497 e. The number of halogens is 1. The Morgan fingerprint density at radius 1 is 1.47 bits per heavy atom. The smallest absolute Gasteiger partial charge is 0.125 e. The predicted molar refractivity (Wildman–Crippen MR) is 83.6 cm³/mol. The summed E-state index contributed by atoms with van der Waals surface area (Å²) in [6.07, 6.45) is 0. The van der Waals surface area contributed by atoms with Gasteiger partial charge in [-0.25, -0.2) is 4.98 Å². The third kappa shape index (κ3) is 3.00. The molecule has 0 saturated heterocycles. The van der Waals surface area contributed by atoms with Crippen LogP contribution >= 0.6 is 23.4 Å². The first-order valence-corrected chi connectivity index (χ1v) is 8.08. The summed E-state index contributed by atoms with van der Waals surface area (Å²) >= 11 is 7.97. The summed E-state index contributed by atoms with van der Waals surface area (Å²) in [5.41, 5.74) is 2.07. The fourth-order valence-electron chi connectivity index (χ4n) is 2.20. The summed E-state index contributed by atoms with van der Waals surface area (Å²) in [5.74, 6) is 4.37. The monoisotopic (exact) mass is 298 g/mol. The van der Waals surface area contributed by atoms with Crippen molar-refractivity contribution in [2.24, 2.45) is 0 Å². The third-order valence-electron chi connectivity index (χ3n) is 3.09. The Morgan fingerprint density at radius 3 is 2.89 bits per heavy atom. The second kappa shape index (κ2) is 6.53. The number of ether oxygens (including phenoxy) is 1. The maximum atomic E-state index is 6.03. The lowest BCUT2D eigenvalue weighted by Crippen LogP contribution is -2.11. The molecule has 1 atom stereocenters. The summed E-state index contributed by atoms with van der Waals surface area (Å²) in [6, 6.07) is 6.38. The highest BCUT2D eigenvalue weighted by Crippen LogP contribution is 2.27. The van der Waals surface area contributed by atoms with Crippen LogP contribution in [0, 0.1) is 0 Å². The number of fused-ring (bicyclic) bond motifs is 1. The molecule has 1 heterocycles. The van der Waals surface area contributed by atoms with Crippen LogP contribution in [0.5, 0.6) is 5.75 Å². The van der Waals surface area contributed by atoms with Gasteiger partial charge in [-0.15, -0.1) is 11.6 Å². The fourth-order valence-corrected chi connectivity index (χ4v) is 3.12. The minimum atomic E-state index is 0.386. The van der Waals surface area contributed by atoms with Crippen molar-refractivity contribution >= 4 is 34.4 Å². The van der Waals surface area contributed by atoms with Crippen LogP contribution in [0.25, 0.3) is 11.0 Å². The number of imidazole rings is 1. The molecule has 5 heteroatoms. The normalized spacial score (nSPS) is 12.8. The van der Waals surface area contributed by atoms with E-state index in [0.717, 1.165) is 34.1 Å². The average Bonchev–Trinajstić information content (AvgIpc) is 2.81. The Morgan fingerprint density at radius 2 is 2.26 bits per heavy atom. The van der Waals surface area contributed by atoms with Gasteiger partial charge in [0.15, 0.2) is 0 Å². The summed E-state index contributed by atoms with van der Waals surface area (Å²) in [7, 11) is 1.67. The Labute approximate surface area is 123 Å². The van der Waals surface area contributed by atoms with E-state index in [1.54, 1.807) is 7.11 Å². The van der Waals surface area contributed by atoms with Crippen molar-refractivity contribution in [2.45, 2.75) is 25.8 Å². The lowest BCUT2D eigenvalue weighted by molar-refractivity contribution is 0.415. The molecule has 0 amide bonds. The molecule has 0 aliphatic heterocycles. The van der Waals surface area contributed by atoms with Crippen LogP contribution in [0.15, 0.2) is 18.2 Å². The average molecular weight is 299 g/mol. The summed E-state index contributed by atoms with van der Waals surface area (Å²) in [6.45, 7) is 4.39. The Bertz CT molecular complexity index is 556. The van der Waals surface area contributed by atoms with Gasteiger partial charge in [-0.2, -0.15) is 11.8 Å². The van der Waals surface area contributed by atoms with Gasteiger partial charge in [-0.3, -0.25) is 0 Å². The Balaban J connectivity index is 2.45. The zero-order valence-electron chi connectivity index (χ0n) is 11.5. The molecule has 3 nitrogen and oxygen atoms in total. The van der Waals surface area contributed by atoms with E-state index >= 15 is 0 Å². The van der Waals surface area contributed by atoms with E-state index in [1.165, 1.54) is 0 Å². The molecule has 1 unspecified atom stereocenters. The van der Waals surface area contributed by atoms with Crippen molar-refractivity contribution in [3.63, 3.8) is 0 Å². The van der Waals surface area contributed by atoms with Gasteiger partial charge in [0.05, 0.1) is 24.0 Å². The number of alkyl halides is 1. The van der Waals surface area contributed by atoms with Crippen LogP contribution in [-0.4, -0.2) is 28.2 Å². The van der Waals surface area contributed by atoms with E-state index in [-0.39, 0.29) is 0 Å². The van der Waals surface area contributed by atoms with Gasteiger partial charge >= 0.3 is 0 Å². The third-order valence-corrected chi connectivity index (χ3v) is 4.46. The summed E-state index contributed by atoms with van der Waals surface area (Å²) in [4.78, 5) is 4.61. The molecule has 0 fully saturated rings. The van der Waals surface area contributed by atoms with Gasteiger partial charge in [0.25, 0.3) is 0 Å². The van der Waals surface area contributed by atoms with Crippen LogP contribution in [0.4, 0.5) is 0 Å². The molecule has 0 spiro atoms. The minimum absolute atomic E-state index is 0.386. The van der Waals surface area contributed by atoms with Gasteiger partial charge in [0.2, 0.25) is 0 Å². The van der Waals surface area contributed by atoms with E-state index in [1.807, 2.05) is 23.9 Å². The van der Waals surface area contributed by atoms with Gasteiger partial charge < -0.3 is 9.30 Å². The first-order chi connectivity index (χ1) is 9.21. The van der Waals surface area contributed by atoms with Crippen molar-refractivity contribution < 1.29 is 4.74 Å². The highest BCUT2D eigenvalue weighted by molar-refractivity contribution is 7.99. The Kier molecular flexibility index (Phi) is 4.99. The van der Waals surface area contributed by atoms with Gasteiger partial charge in [-0.1, -0.05) is 6.92 Å². The molecule has 0 aliphatic rings. The first-order valence-electron chi connectivity index (χ1n) is 6.39. The van der Waals surface area contributed by atoms with Crippen molar-refractivity contribution in [1.82, 2.24) is 9.55 Å². The van der Waals surface area contributed by atoms with Crippen LogP contribution in [0.1, 0.15) is 25.7 Å². The van der Waals surface area contributed by atoms with E-state index in [2.05, 4.69) is 29.5 Å². The molecule has 0 radical (unpaired) electrons. The highest BCUT2D eigenvalue weighted by atomic mass is 35.5. The zero-order chi connectivity index (χ0) is 13.8. The molecule has 0 aliphatic carbocycles. The van der Waals surface area contributed by atoms with E-state index in [0.29, 0.717) is 11.9 Å². The lowest BCUT2D eigenvalue weighted by Gasteiger charge is -2.16. The van der Waals surface area contributed by atoms with Crippen molar-refractivity contribution in [2.75, 3.05) is 18.6 Å². The number of nitrogens with zero attached hydrogens (tertiary/aromatic N) is 2. The Hall–Kier alpha value is -0.870. The van der Waals surface area contributed by atoms with Crippen LogP contribution in [0.3, 0.4) is 0 Å². The molecule has 0 N–H and O–H groups in total. The quantitative estimate of drug-likeness (QED) is 0.751. The number of aromatic nitrogens is 2. The van der Waals surface area contributed by atoms with E-state index < -0.39 is 0 Å². The number of methoxy groups -OCH3 is 1. The van der Waals surface area contributed by atoms with Crippen LogP contribution < -0.4 is 4.74 Å². The van der Waals surface area contributed by atoms with Gasteiger partial charge in [0, 0.05) is 17.9 Å². The second-order valence-corrected chi connectivity index (χ2v) is 5.98. The summed E-state index contributed by atoms with van der Waals surface area (Å²) < 4.78 is 7.48. The molecular formula is C14H19ClN2OS. The van der Waals surface area contributed by atoms with Crippen molar-refractivity contribution in [3.8, 4) is 5.75 Å². The SMILES string of the molecule is CCSCC(C)n1c(CCl)nc2cc(OC)ccc21. The molecule has 1 aromatic carbocycles. The van der Waals surface area contributed by atoms with Gasteiger partial charge in [0.1, 0.15) is 11.6 Å². The van der Waals surface area contributed by atoms with E-state index in [4.69, 9.17) is 16.3 Å². The first kappa shape index (κ1) is 14.5. The molecule has 2 aromatic rings. The maximum absolute atomic E-state index is 6.03. The number of hydrogen-bond donors (Lipinski definition) is 0. The minimum Gasteiger partial charge on any atom is -0.497 e.